The van der Waals surface area contributed by atoms with Gasteiger partial charge in [-0.2, -0.15) is 0 Å². The third-order valence-electron chi connectivity index (χ3n) is 4.38. The van der Waals surface area contributed by atoms with Crippen LogP contribution in [0.25, 0.3) is 0 Å². The molecule has 0 amide bonds. The average Bonchev–Trinajstić information content (AvgIpc) is 3.16. The largest absolute Gasteiger partial charge is 0.376 e. The van der Waals surface area contributed by atoms with Crippen molar-refractivity contribution in [2.45, 2.75) is 55.7 Å². The lowest BCUT2D eigenvalue weighted by Gasteiger charge is -2.31. The van der Waals surface area contributed by atoms with Crippen LogP contribution in [0.5, 0.6) is 0 Å². The molecule has 1 aromatic rings. The summed E-state index contributed by atoms with van der Waals surface area (Å²) in [6.07, 6.45) is 2.76. The zero-order valence-electron chi connectivity index (χ0n) is 12.4. The summed E-state index contributed by atoms with van der Waals surface area (Å²) in [7, 11) is -3.47. The predicted octanol–water partition coefficient (Wildman–Crippen LogP) is 2.11. The van der Waals surface area contributed by atoms with Crippen molar-refractivity contribution in [3.8, 4) is 0 Å². The summed E-state index contributed by atoms with van der Waals surface area (Å²) in [5.74, 6) is 0. The number of ether oxygens (including phenoxy) is 1. The van der Waals surface area contributed by atoms with Gasteiger partial charge in [-0.3, -0.25) is 0 Å². The number of hydrogen-bond acceptors (Lipinski definition) is 4. The second-order valence-electron chi connectivity index (χ2n) is 6.20. The molecule has 1 aliphatic carbocycles. The molecule has 2 fully saturated rings. The van der Waals surface area contributed by atoms with Crippen molar-refractivity contribution >= 4 is 15.7 Å². The van der Waals surface area contributed by atoms with Gasteiger partial charge < -0.3 is 10.1 Å². The van der Waals surface area contributed by atoms with Gasteiger partial charge in [-0.25, -0.2) is 13.1 Å². The fourth-order valence-corrected chi connectivity index (χ4v) is 4.06. The second-order valence-corrected chi connectivity index (χ2v) is 7.88. The molecule has 1 aliphatic heterocycles. The van der Waals surface area contributed by atoms with E-state index in [2.05, 4.69) is 17.0 Å². The lowest BCUT2D eigenvalue weighted by atomic mass is 9.94. The minimum atomic E-state index is -3.47. The topological polar surface area (TPSA) is 67.4 Å². The van der Waals surface area contributed by atoms with Gasteiger partial charge in [0.25, 0.3) is 0 Å². The van der Waals surface area contributed by atoms with E-state index in [1.807, 2.05) is 19.1 Å². The van der Waals surface area contributed by atoms with E-state index in [9.17, 15) is 8.42 Å². The highest BCUT2D eigenvalue weighted by Crippen LogP contribution is 2.33. The molecule has 2 atom stereocenters. The first-order chi connectivity index (χ1) is 9.91. The summed E-state index contributed by atoms with van der Waals surface area (Å²) in [5, 5.41) is 3.39. The van der Waals surface area contributed by atoms with Crippen molar-refractivity contribution in [2.75, 3.05) is 11.9 Å². The van der Waals surface area contributed by atoms with Crippen molar-refractivity contribution in [3.05, 3.63) is 24.3 Å². The van der Waals surface area contributed by atoms with Crippen LogP contribution in [0.3, 0.4) is 0 Å². The third kappa shape index (κ3) is 3.07. The maximum Gasteiger partial charge on any atom is 0.242 e. The Morgan fingerprint density at radius 1 is 1.29 bits per heavy atom. The Morgan fingerprint density at radius 3 is 2.62 bits per heavy atom. The summed E-state index contributed by atoms with van der Waals surface area (Å²) in [6, 6.07) is 7.17. The van der Waals surface area contributed by atoms with Crippen molar-refractivity contribution < 1.29 is 13.2 Å². The van der Waals surface area contributed by atoms with Gasteiger partial charge in [0, 0.05) is 12.6 Å². The molecule has 0 radical (unpaired) electrons. The van der Waals surface area contributed by atoms with Gasteiger partial charge in [0.2, 0.25) is 10.0 Å². The molecule has 0 aromatic heterocycles. The molecule has 5 nitrogen and oxygen atoms in total. The maximum absolute atomic E-state index is 12.5. The van der Waals surface area contributed by atoms with Crippen molar-refractivity contribution in [3.63, 3.8) is 0 Å². The summed E-state index contributed by atoms with van der Waals surface area (Å²) >= 11 is 0. The molecule has 0 bridgehead atoms. The fraction of sp³-hybridized carbons (Fsp3) is 0.600. The zero-order valence-corrected chi connectivity index (χ0v) is 13.2. The van der Waals surface area contributed by atoms with Crippen molar-refractivity contribution in [1.29, 1.82) is 0 Å². The van der Waals surface area contributed by atoms with E-state index < -0.39 is 10.0 Å². The number of rotatable bonds is 5. The van der Waals surface area contributed by atoms with E-state index in [0.717, 1.165) is 19.3 Å². The van der Waals surface area contributed by atoms with Crippen LogP contribution in [-0.2, 0) is 14.8 Å². The molecular weight excluding hydrogens is 288 g/mol. The van der Waals surface area contributed by atoms with Crippen LogP contribution in [0, 0.1) is 0 Å². The lowest BCUT2D eigenvalue weighted by Crippen LogP contribution is -2.41. The van der Waals surface area contributed by atoms with Crippen molar-refractivity contribution in [2.24, 2.45) is 0 Å². The average molecular weight is 310 g/mol. The highest BCUT2D eigenvalue weighted by molar-refractivity contribution is 7.89. The number of anilines is 1. The van der Waals surface area contributed by atoms with Crippen LogP contribution in [0.15, 0.2) is 29.2 Å². The molecule has 2 aliphatic rings. The molecule has 3 rings (SSSR count). The summed E-state index contributed by atoms with van der Waals surface area (Å²) in [6.45, 7) is 4.78. The minimum Gasteiger partial charge on any atom is -0.376 e. The van der Waals surface area contributed by atoms with Gasteiger partial charge in [0.1, 0.15) is 4.90 Å². The molecule has 0 spiro atoms. The highest BCUT2D eigenvalue weighted by Gasteiger charge is 2.38. The molecule has 1 heterocycles. The Hall–Kier alpha value is -1.11. The first-order valence-electron chi connectivity index (χ1n) is 7.42. The first kappa shape index (κ1) is 14.8. The quantitative estimate of drug-likeness (QED) is 0.874. The normalized spacial score (nSPS) is 29.5. The van der Waals surface area contributed by atoms with Crippen LogP contribution in [0.1, 0.15) is 33.1 Å². The number of nitrogens with one attached hydrogen (secondary N) is 2. The van der Waals surface area contributed by atoms with Gasteiger partial charge in [-0.15, -0.1) is 0 Å². The van der Waals surface area contributed by atoms with Gasteiger partial charge in [0.05, 0.1) is 17.3 Å². The van der Waals surface area contributed by atoms with Crippen LogP contribution in [0.2, 0.25) is 0 Å². The van der Waals surface area contributed by atoms with E-state index in [1.54, 1.807) is 12.1 Å². The fourth-order valence-electron chi connectivity index (χ4n) is 2.60. The highest BCUT2D eigenvalue weighted by atomic mass is 32.2. The Kier molecular flexibility index (Phi) is 3.71. The van der Waals surface area contributed by atoms with Crippen molar-refractivity contribution in [1.82, 2.24) is 4.72 Å². The minimum absolute atomic E-state index is 0.0460. The van der Waals surface area contributed by atoms with E-state index >= 15 is 0 Å². The van der Waals surface area contributed by atoms with Gasteiger partial charge >= 0.3 is 0 Å². The molecule has 1 saturated carbocycles. The van der Waals surface area contributed by atoms with Crippen LogP contribution in [0.4, 0.5) is 5.69 Å². The van der Waals surface area contributed by atoms with Crippen LogP contribution in [-0.4, -0.2) is 32.7 Å². The van der Waals surface area contributed by atoms with E-state index in [-0.39, 0.29) is 17.7 Å². The predicted molar refractivity (Wildman–Crippen MR) is 81.8 cm³/mol. The number of benzene rings is 1. The molecule has 1 aromatic carbocycles. The summed E-state index contributed by atoms with van der Waals surface area (Å²) in [4.78, 5) is 0.317. The Labute approximate surface area is 126 Å². The smallest absolute Gasteiger partial charge is 0.242 e. The van der Waals surface area contributed by atoms with Gasteiger partial charge in [-0.05, 0) is 45.2 Å². The van der Waals surface area contributed by atoms with Crippen LogP contribution < -0.4 is 10.0 Å². The molecule has 116 valence electrons. The van der Waals surface area contributed by atoms with E-state index in [4.69, 9.17) is 4.74 Å². The monoisotopic (exact) mass is 310 g/mol. The molecule has 2 N–H and O–H groups in total. The SMILES string of the molecule is CC1OCCC1(C)Nc1ccccc1S(=O)(=O)NC1CC1. The Balaban J connectivity index is 1.89. The van der Waals surface area contributed by atoms with Crippen LogP contribution >= 0.6 is 0 Å². The number of para-hydroxylation sites is 1. The molecule has 1 saturated heterocycles. The third-order valence-corrected chi connectivity index (χ3v) is 5.96. The Morgan fingerprint density at radius 2 is 2.00 bits per heavy atom. The Bertz CT molecular complexity index is 628. The molecule has 21 heavy (non-hydrogen) atoms. The first-order valence-corrected chi connectivity index (χ1v) is 8.90. The zero-order chi connectivity index (χ0) is 15.1. The summed E-state index contributed by atoms with van der Waals surface area (Å²) < 4.78 is 33.3. The van der Waals surface area contributed by atoms with Gasteiger partial charge in [0.15, 0.2) is 0 Å². The number of sulfonamides is 1. The standard InChI is InChI=1S/C15H22N2O3S/c1-11-15(2,9-10-20-11)16-13-5-3-4-6-14(13)21(18,19)17-12-7-8-12/h3-6,11-12,16-17H,7-10H2,1-2H3. The van der Waals surface area contributed by atoms with E-state index in [0.29, 0.717) is 17.2 Å². The second kappa shape index (κ2) is 5.26. The van der Waals surface area contributed by atoms with Gasteiger partial charge in [-0.1, -0.05) is 12.1 Å². The van der Waals surface area contributed by atoms with E-state index in [1.165, 1.54) is 0 Å². The molecule has 2 unspecified atom stereocenters. The number of hydrogen-bond donors (Lipinski definition) is 2. The maximum atomic E-state index is 12.5. The summed E-state index contributed by atoms with van der Waals surface area (Å²) in [5.41, 5.74) is 0.399. The molecule has 6 heteroatoms. The molecular formula is C15H22N2O3S. The lowest BCUT2D eigenvalue weighted by molar-refractivity contribution is 0.105.